The number of aliphatic hydroxyl groups excluding tert-OH is 1. The molecule has 5 nitrogen and oxygen atoms in total. The minimum Gasteiger partial charge on any atom is -0.512 e. The molecule has 1 radical (unpaired) electrons. The summed E-state index contributed by atoms with van der Waals surface area (Å²) in [6.07, 6.45) is 5.68. The van der Waals surface area contributed by atoms with Gasteiger partial charge in [0.05, 0.1) is 0 Å². The number of aliphatic hydroxyl groups is 1. The fourth-order valence-electron chi connectivity index (χ4n) is 7.08. The van der Waals surface area contributed by atoms with Crippen molar-refractivity contribution in [2.75, 3.05) is 0 Å². The third kappa shape index (κ3) is 9.24. The number of aromatic nitrogens is 1. The molecule has 6 rings (SSSR count). The van der Waals surface area contributed by atoms with Gasteiger partial charge in [-0.15, -0.1) is 29.1 Å². The smallest absolute Gasteiger partial charge is 0.164 e. The van der Waals surface area contributed by atoms with Crippen LogP contribution >= 0.6 is 0 Å². The molecule has 0 spiro atoms. The number of nitrogens with zero attached hydrogens (tertiary/aromatic N) is 1. The normalized spacial score (nSPS) is 12.6. The van der Waals surface area contributed by atoms with Crippen LogP contribution in [0.5, 0.6) is 0 Å². The van der Waals surface area contributed by atoms with Gasteiger partial charge in [0.2, 0.25) is 0 Å². The average Bonchev–Trinajstić information content (AvgIpc) is 3.70. The molecule has 0 bridgehead atoms. The second kappa shape index (κ2) is 17.7. The van der Waals surface area contributed by atoms with Crippen LogP contribution in [0.25, 0.3) is 55.2 Å². The predicted octanol–water partition coefficient (Wildman–Crippen LogP) is 14.6. The first-order valence-electron chi connectivity index (χ1n) is 20.2. The van der Waals surface area contributed by atoms with Crippen LogP contribution in [-0.4, -0.2) is 15.9 Å². The Morgan fingerprint density at radius 1 is 0.857 bits per heavy atom. The summed E-state index contributed by atoms with van der Waals surface area (Å²) in [4.78, 5) is 17.3. The molecule has 3 aromatic heterocycles. The molecule has 56 heavy (non-hydrogen) atoms. The molecular formula is C50H62IrNO4-. The minimum atomic E-state index is -0.337. The van der Waals surface area contributed by atoms with Gasteiger partial charge in [0.15, 0.2) is 11.4 Å². The first-order valence-corrected chi connectivity index (χ1v) is 20.2. The quantitative estimate of drug-likeness (QED) is 0.0796. The van der Waals surface area contributed by atoms with E-state index in [1.54, 1.807) is 0 Å². The molecule has 3 aromatic carbocycles. The molecule has 0 unspecified atom stereocenters. The van der Waals surface area contributed by atoms with Crippen LogP contribution < -0.4 is 0 Å². The van der Waals surface area contributed by atoms with E-state index in [1.165, 1.54) is 17.0 Å². The first-order chi connectivity index (χ1) is 25.9. The minimum absolute atomic E-state index is 0. The number of hydrogen-bond donors (Lipinski definition) is 1. The van der Waals surface area contributed by atoms with Crippen molar-refractivity contribution >= 4 is 38.6 Å². The molecule has 1 N–H and O–H groups in total. The Balaban J connectivity index is 0.000000330. The van der Waals surface area contributed by atoms with Crippen LogP contribution in [0, 0.1) is 36.7 Å². The van der Waals surface area contributed by atoms with Gasteiger partial charge in [0.1, 0.15) is 28.4 Å². The number of fused-ring (bicyclic) bond motifs is 3. The number of carbonyl (C=O) groups excluding carboxylic acids is 1. The zero-order chi connectivity index (χ0) is 40.5. The Kier molecular flexibility index (Phi) is 14.1. The Hall–Kier alpha value is -3.99. The van der Waals surface area contributed by atoms with Crippen LogP contribution in [0.2, 0.25) is 0 Å². The largest absolute Gasteiger partial charge is 0.512 e. The van der Waals surface area contributed by atoms with Crippen LogP contribution in [0.4, 0.5) is 0 Å². The van der Waals surface area contributed by atoms with E-state index in [-0.39, 0.29) is 47.9 Å². The van der Waals surface area contributed by atoms with E-state index < -0.39 is 0 Å². The fourth-order valence-corrected chi connectivity index (χ4v) is 7.08. The molecular weight excluding hydrogens is 871 g/mol. The van der Waals surface area contributed by atoms with Crippen molar-refractivity contribution in [3.05, 3.63) is 101 Å². The van der Waals surface area contributed by atoms with E-state index in [9.17, 15) is 9.90 Å². The van der Waals surface area contributed by atoms with Gasteiger partial charge < -0.3 is 13.9 Å². The second-order valence-electron chi connectivity index (χ2n) is 17.4. The molecule has 0 amide bonds. The van der Waals surface area contributed by atoms with E-state index in [0.29, 0.717) is 5.92 Å². The summed E-state index contributed by atoms with van der Waals surface area (Å²) in [6, 6.07) is 25.2. The van der Waals surface area contributed by atoms with Gasteiger partial charge in [-0.3, -0.25) is 9.78 Å². The van der Waals surface area contributed by atoms with E-state index in [0.717, 1.165) is 99.0 Å². The number of aryl methyl sites for hydroxylation is 2. The van der Waals surface area contributed by atoms with Gasteiger partial charge >= 0.3 is 0 Å². The zero-order valence-electron chi connectivity index (χ0n) is 35.9. The monoisotopic (exact) mass is 933 g/mol. The second-order valence-corrected chi connectivity index (χ2v) is 17.4. The molecule has 6 aromatic rings. The number of furan rings is 2. The Morgan fingerprint density at radius 2 is 1.50 bits per heavy atom. The van der Waals surface area contributed by atoms with Crippen LogP contribution in [0.1, 0.15) is 124 Å². The SMILES string of the molecule is CCC(C)(CC)C(=O)/C=C(\O)C(C)(CC)CC.Cc1oc2c(-c3ccc4oc(CC(C)C)cc4c3)cc(-c3[c-]c4ccccc4c(C(C)(C)C)c3)nc2c1C.[Ir]. The summed E-state index contributed by atoms with van der Waals surface area (Å²) >= 11 is 0. The molecule has 0 aliphatic heterocycles. The van der Waals surface area contributed by atoms with E-state index in [1.807, 2.05) is 48.5 Å². The molecule has 0 atom stereocenters. The van der Waals surface area contributed by atoms with Gasteiger partial charge in [-0.2, -0.15) is 0 Å². The van der Waals surface area contributed by atoms with Crippen molar-refractivity contribution in [2.24, 2.45) is 16.7 Å². The summed E-state index contributed by atoms with van der Waals surface area (Å²) in [5.74, 6) is 2.75. The molecule has 6 heteroatoms. The van der Waals surface area contributed by atoms with E-state index in [4.69, 9.17) is 13.8 Å². The van der Waals surface area contributed by atoms with Crippen molar-refractivity contribution < 1.29 is 38.8 Å². The maximum Gasteiger partial charge on any atom is 0.164 e. The number of allylic oxidation sites excluding steroid dienone is 2. The van der Waals surface area contributed by atoms with Gasteiger partial charge in [0, 0.05) is 65.6 Å². The molecule has 301 valence electrons. The fraction of sp³-hybridized carbons (Fsp3) is 0.440. The van der Waals surface area contributed by atoms with Crippen LogP contribution in [0.15, 0.2) is 81.3 Å². The molecule has 0 aliphatic carbocycles. The Morgan fingerprint density at radius 3 is 2.11 bits per heavy atom. The summed E-state index contributed by atoms with van der Waals surface area (Å²) < 4.78 is 12.4. The molecule has 3 heterocycles. The third-order valence-electron chi connectivity index (χ3n) is 12.1. The Bertz CT molecular complexity index is 2340. The van der Waals surface area contributed by atoms with Gasteiger partial charge in [-0.1, -0.05) is 117 Å². The summed E-state index contributed by atoms with van der Waals surface area (Å²) in [5.41, 5.74) is 8.42. The summed E-state index contributed by atoms with van der Waals surface area (Å²) in [7, 11) is 0. The number of pyridine rings is 1. The first kappa shape index (κ1) is 44.7. The summed E-state index contributed by atoms with van der Waals surface area (Å²) in [5, 5.41) is 13.6. The molecule has 0 aliphatic rings. The number of carbonyl (C=O) groups is 1. The van der Waals surface area contributed by atoms with E-state index in [2.05, 4.69) is 108 Å². The maximum absolute atomic E-state index is 12.2. The number of hydrogen-bond acceptors (Lipinski definition) is 5. The van der Waals surface area contributed by atoms with Gasteiger partial charge in [-0.05, 0) is 74.6 Å². The van der Waals surface area contributed by atoms with Crippen LogP contribution in [0.3, 0.4) is 0 Å². The molecule has 0 saturated carbocycles. The maximum atomic E-state index is 12.2. The van der Waals surface area contributed by atoms with Crippen molar-refractivity contribution in [2.45, 2.75) is 128 Å². The molecule has 0 fully saturated rings. The van der Waals surface area contributed by atoms with Crippen molar-refractivity contribution in [1.29, 1.82) is 0 Å². The van der Waals surface area contributed by atoms with Crippen molar-refractivity contribution in [3.63, 3.8) is 0 Å². The van der Waals surface area contributed by atoms with Crippen LogP contribution in [-0.2, 0) is 36.7 Å². The topological polar surface area (TPSA) is 76.5 Å². The molecule has 0 saturated heterocycles. The predicted molar refractivity (Wildman–Crippen MR) is 231 cm³/mol. The Labute approximate surface area is 348 Å². The van der Waals surface area contributed by atoms with Crippen molar-refractivity contribution in [1.82, 2.24) is 4.98 Å². The number of benzene rings is 3. The van der Waals surface area contributed by atoms with Gasteiger partial charge in [-0.25, -0.2) is 0 Å². The standard InChI is InChI=1S/C35H34NO2.C15H28O2.Ir/c1-20(2)14-27-17-26-16-24(12-13-32(26)38-27)29-19-31(36-33-21(3)22(4)37-34(29)33)25-15-23-10-8-9-11-28(23)30(18-25)35(5,6)7;1-7-14(5,8-2)12(16)11-13(17)15(6,9-3)10-4;/h8-13,16-20H,14H2,1-7H3;11,16H,7-10H2,1-6H3;/q-1;;/b;12-11-;. The average molecular weight is 933 g/mol. The van der Waals surface area contributed by atoms with Gasteiger partial charge in [0.25, 0.3) is 0 Å². The van der Waals surface area contributed by atoms with Crippen molar-refractivity contribution in [3.8, 4) is 22.4 Å². The third-order valence-corrected chi connectivity index (χ3v) is 12.1. The zero-order valence-corrected chi connectivity index (χ0v) is 38.3. The number of ketones is 1. The summed E-state index contributed by atoms with van der Waals surface area (Å²) in [6.45, 7) is 27.4. The van der Waals surface area contributed by atoms with E-state index >= 15 is 0 Å². The number of rotatable bonds is 11.